The van der Waals surface area contributed by atoms with Crippen molar-refractivity contribution >= 4 is 12.9 Å². The molecule has 4 heteroatoms. The Morgan fingerprint density at radius 3 is 1.86 bits per heavy atom. The van der Waals surface area contributed by atoms with Crippen LogP contribution >= 0.6 is 0 Å². The molecule has 0 heterocycles. The van der Waals surface area contributed by atoms with Crippen molar-refractivity contribution < 1.29 is 15.6 Å². The molecule has 1 radical (unpaired) electrons. The molecule has 3 nitrogen and oxygen atoms in total. The zero-order valence-electron chi connectivity index (χ0n) is 8.49. The number of hydrogen-bond donors (Lipinski definition) is 0. The van der Waals surface area contributed by atoms with Gasteiger partial charge in [0.25, 0.3) is 0 Å². The molecule has 1 aliphatic rings. The van der Waals surface area contributed by atoms with E-state index in [1.807, 2.05) is 30.3 Å². The first-order valence-electron chi connectivity index (χ1n) is 4.34. The molecule has 0 unspecified atom stereocenters. The third-order valence-corrected chi connectivity index (χ3v) is 1.41. The average Bonchev–Trinajstić information content (AvgIpc) is 2.93. The van der Waals surface area contributed by atoms with Gasteiger partial charge in [-0.15, -0.1) is 0 Å². The second kappa shape index (κ2) is 10.2. The first-order valence-corrected chi connectivity index (χ1v) is 4.34. The fourth-order valence-electron chi connectivity index (χ4n) is 0.668. The Kier molecular flexibility index (Phi) is 11.4. The smallest absolute Gasteiger partial charge is 0.329 e. The molecular weight excluding hydrogens is 179 g/mol. The van der Waals surface area contributed by atoms with Crippen LogP contribution in [0, 0.1) is 0 Å². The molecule has 2 rings (SSSR count). The molecule has 0 amide bonds. The highest BCUT2D eigenvalue weighted by Crippen LogP contribution is 2.14. The van der Waals surface area contributed by atoms with Crippen LogP contribution in [0.3, 0.4) is 0 Å². The SMILES string of the molecule is C1CC1.CO[B]c1ccccc1.O.O. The average molecular weight is 197 g/mol. The fourth-order valence-corrected chi connectivity index (χ4v) is 0.668. The lowest BCUT2D eigenvalue weighted by Crippen LogP contribution is -2.14. The Morgan fingerprint density at radius 2 is 1.50 bits per heavy atom. The summed E-state index contributed by atoms with van der Waals surface area (Å²) in [5.41, 5.74) is 1.10. The first-order chi connectivity index (χ1) is 5.93. The fraction of sp³-hybridized carbons (Fsp3) is 0.400. The van der Waals surface area contributed by atoms with Gasteiger partial charge in [-0.3, -0.25) is 0 Å². The van der Waals surface area contributed by atoms with Crippen molar-refractivity contribution in [1.82, 2.24) is 0 Å². The van der Waals surface area contributed by atoms with E-state index >= 15 is 0 Å². The largest absolute Gasteiger partial charge is 0.437 e. The summed E-state index contributed by atoms with van der Waals surface area (Å²) in [6.45, 7) is 0. The van der Waals surface area contributed by atoms with E-state index in [4.69, 9.17) is 4.65 Å². The van der Waals surface area contributed by atoms with E-state index in [0.717, 1.165) is 5.46 Å². The maximum atomic E-state index is 4.80. The highest BCUT2D eigenvalue weighted by atomic mass is 16.4. The number of benzene rings is 1. The zero-order chi connectivity index (χ0) is 8.65. The van der Waals surface area contributed by atoms with Crippen molar-refractivity contribution in [3.63, 3.8) is 0 Å². The summed E-state index contributed by atoms with van der Waals surface area (Å²) in [4.78, 5) is 0. The van der Waals surface area contributed by atoms with Gasteiger partial charge in [-0.2, -0.15) is 0 Å². The van der Waals surface area contributed by atoms with Gasteiger partial charge in [-0.1, -0.05) is 55.1 Å². The summed E-state index contributed by atoms with van der Waals surface area (Å²) in [6.07, 6.45) is 4.50. The molecule has 79 valence electrons. The minimum Gasteiger partial charge on any atom is -0.437 e. The molecule has 0 aromatic heterocycles. The topological polar surface area (TPSA) is 72.2 Å². The van der Waals surface area contributed by atoms with Gasteiger partial charge in [-0.25, -0.2) is 0 Å². The zero-order valence-corrected chi connectivity index (χ0v) is 8.49. The van der Waals surface area contributed by atoms with E-state index in [1.54, 1.807) is 14.6 Å². The van der Waals surface area contributed by atoms with Crippen LogP contribution in [0.2, 0.25) is 0 Å². The maximum Gasteiger partial charge on any atom is 0.329 e. The van der Waals surface area contributed by atoms with Crippen molar-refractivity contribution in [3.8, 4) is 0 Å². The minimum atomic E-state index is 0. The van der Waals surface area contributed by atoms with Gasteiger partial charge in [0, 0.05) is 7.11 Å². The standard InChI is InChI=1S/C7H8BO.C3H6.2H2O/c1-9-8-7-5-3-2-4-6-7;1-2-3-1;;/h2-6H,1H3;1-3H2;2*1H2. The number of hydrogen-bond acceptors (Lipinski definition) is 1. The van der Waals surface area contributed by atoms with Gasteiger partial charge in [0.2, 0.25) is 0 Å². The summed E-state index contributed by atoms with van der Waals surface area (Å²) >= 11 is 0. The van der Waals surface area contributed by atoms with Crippen molar-refractivity contribution in [2.45, 2.75) is 19.3 Å². The third kappa shape index (κ3) is 9.25. The molecule has 1 aliphatic carbocycles. The molecule has 1 saturated carbocycles. The van der Waals surface area contributed by atoms with Crippen LogP contribution in [-0.2, 0) is 4.65 Å². The van der Waals surface area contributed by atoms with Gasteiger partial charge in [0.05, 0.1) is 0 Å². The van der Waals surface area contributed by atoms with E-state index in [1.165, 1.54) is 19.3 Å². The monoisotopic (exact) mass is 197 g/mol. The molecule has 0 bridgehead atoms. The van der Waals surface area contributed by atoms with Crippen LogP contribution in [0.1, 0.15) is 19.3 Å². The predicted molar refractivity (Wildman–Crippen MR) is 59.9 cm³/mol. The Hall–Kier alpha value is -0.835. The second-order valence-electron chi connectivity index (χ2n) is 2.82. The molecule has 0 spiro atoms. The Labute approximate surface area is 86.0 Å². The maximum absolute atomic E-state index is 4.80. The number of rotatable bonds is 2. The lowest BCUT2D eigenvalue weighted by Gasteiger charge is -1.92. The van der Waals surface area contributed by atoms with Gasteiger partial charge < -0.3 is 15.6 Å². The van der Waals surface area contributed by atoms with Crippen molar-refractivity contribution in [3.05, 3.63) is 30.3 Å². The summed E-state index contributed by atoms with van der Waals surface area (Å²) in [5.74, 6) is 0. The molecule has 14 heavy (non-hydrogen) atoms. The molecule has 0 aliphatic heterocycles. The summed E-state index contributed by atoms with van der Waals surface area (Å²) in [6, 6.07) is 9.91. The summed E-state index contributed by atoms with van der Waals surface area (Å²) in [7, 11) is 3.35. The van der Waals surface area contributed by atoms with Gasteiger partial charge in [0.1, 0.15) is 0 Å². The van der Waals surface area contributed by atoms with E-state index in [9.17, 15) is 0 Å². The van der Waals surface area contributed by atoms with Crippen LogP contribution in [-0.4, -0.2) is 25.5 Å². The lowest BCUT2D eigenvalue weighted by molar-refractivity contribution is 0.450. The Balaban J connectivity index is 0. The molecule has 1 fully saturated rings. The molecule has 0 atom stereocenters. The summed E-state index contributed by atoms with van der Waals surface area (Å²) in [5, 5.41) is 0. The third-order valence-electron chi connectivity index (χ3n) is 1.41. The molecule has 1 aromatic carbocycles. The van der Waals surface area contributed by atoms with Gasteiger partial charge >= 0.3 is 7.48 Å². The van der Waals surface area contributed by atoms with Crippen LogP contribution in [0.25, 0.3) is 0 Å². The van der Waals surface area contributed by atoms with E-state index in [2.05, 4.69) is 0 Å². The van der Waals surface area contributed by atoms with Crippen molar-refractivity contribution in [2.75, 3.05) is 7.11 Å². The van der Waals surface area contributed by atoms with Gasteiger partial charge in [0.15, 0.2) is 0 Å². The normalized spacial score (nSPS) is 10.9. The van der Waals surface area contributed by atoms with Crippen molar-refractivity contribution in [1.29, 1.82) is 0 Å². The first kappa shape index (κ1) is 15.6. The molecular formula is C10H18BO3. The van der Waals surface area contributed by atoms with Crippen LogP contribution < -0.4 is 5.46 Å². The van der Waals surface area contributed by atoms with Crippen molar-refractivity contribution in [2.24, 2.45) is 0 Å². The van der Waals surface area contributed by atoms with Crippen LogP contribution in [0.5, 0.6) is 0 Å². The van der Waals surface area contributed by atoms with E-state index < -0.39 is 0 Å². The lowest BCUT2D eigenvalue weighted by atomic mass is 9.89. The highest BCUT2D eigenvalue weighted by molar-refractivity contribution is 6.46. The molecule has 1 aromatic rings. The van der Waals surface area contributed by atoms with E-state index in [-0.39, 0.29) is 11.0 Å². The predicted octanol–water partition coefficient (Wildman–Crippen LogP) is 0.0984. The highest BCUT2D eigenvalue weighted by Gasteiger charge is 1.95. The second-order valence-corrected chi connectivity index (χ2v) is 2.82. The van der Waals surface area contributed by atoms with Gasteiger partial charge in [-0.05, 0) is 0 Å². The molecule has 0 saturated heterocycles. The Bertz CT molecular complexity index is 199. The minimum absolute atomic E-state index is 0. The van der Waals surface area contributed by atoms with Crippen LogP contribution in [0.15, 0.2) is 30.3 Å². The Morgan fingerprint density at radius 1 is 1.00 bits per heavy atom. The molecule has 4 N–H and O–H groups in total. The summed E-state index contributed by atoms with van der Waals surface area (Å²) < 4.78 is 4.80. The quantitative estimate of drug-likeness (QED) is 0.619. The van der Waals surface area contributed by atoms with Crippen LogP contribution in [0.4, 0.5) is 0 Å². The van der Waals surface area contributed by atoms with E-state index in [0.29, 0.717) is 0 Å².